The Morgan fingerprint density at radius 1 is 1.29 bits per heavy atom. The number of nitrogens with zero attached hydrogens (tertiary/aromatic N) is 2. The van der Waals surface area contributed by atoms with Gasteiger partial charge >= 0.3 is 0 Å². The van der Waals surface area contributed by atoms with Gasteiger partial charge in [0.1, 0.15) is 28.4 Å². The van der Waals surface area contributed by atoms with Crippen molar-refractivity contribution in [3.63, 3.8) is 0 Å². The highest BCUT2D eigenvalue weighted by Crippen LogP contribution is 2.39. The van der Waals surface area contributed by atoms with Crippen molar-refractivity contribution in [1.29, 1.82) is 0 Å². The van der Waals surface area contributed by atoms with E-state index in [9.17, 15) is 8.78 Å². The van der Waals surface area contributed by atoms with Crippen LogP contribution in [0, 0.1) is 18.6 Å². The number of benzene rings is 1. The lowest BCUT2D eigenvalue weighted by atomic mass is 10.2. The minimum atomic E-state index is -0.589. The molecule has 0 bridgehead atoms. The summed E-state index contributed by atoms with van der Waals surface area (Å²) in [7, 11) is 0. The van der Waals surface area contributed by atoms with Gasteiger partial charge in [-0.1, -0.05) is 17.7 Å². The van der Waals surface area contributed by atoms with Crippen LogP contribution in [0.15, 0.2) is 18.2 Å². The van der Waals surface area contributed by atoms with Crippen LogP contribution in [0.2, 0.25) is 5.15 Å². The largest absolute Gasteiger partial charge is 0.366 e. The highest BCUT2D eigenvalue weighted by molar-refractivity contribution is 6.30. The first-order valence-electron chi connectivity index (χ1n) is 6.76. The van der Waals surface area contributed by atoms with E-state index >= 15 is 0 Å². The topological polar surface area (TPSA) is 37.8 Å². The van der Waals surface area contributed by atoms with Gasteiger partial charge in [-0.25, -0.2) is 18.7 Å². The molecule has 1 aliphatic carbocycles. The Labute approximate surface area is 126 Å². The van der Waals surface area contributed by atoms with Crippen LogP contribution in [0.1, 0.15) is 35.7 Å². The molecular weight excluding hydrogens is 296 g/mol. The quantitative estimate of drug-likeness (QED) is 0.860. The summed E-state index contributed by atoms with van der Waals surface area (Å²) in [4.78, 5) is 8.72. The molecule has 1 aromatic carbocycles. The van der Waals surface area contributed by atoms with Gasteiger partial charge in [0.2, 0.25) is 0 Å². The summed E-state index contributed by atoms with van der Waals surface area (Å²) in [6, 6.07) is 3.51. The summed E-state index contributed by atoms with van der Waals surface area (Å²) >= 11 is 6.11. The smallest absolute Gasteiger partial charge is 0.137 e. The lowest BCUT2D eigenvalue weighted by Gasteiger charge is -2.11. The molecule has 3 rings (SSSR count). The Bertz CT molecular complexity index is 687. The van der Waals surface area contributed by atoms with Crippen LogP contribution in [-0.2, 0) is 6.54 Å². The Morgan fingerprint density at radius 3 is 2.71 bits per heavy atom. The molecule has 21 heavy (non-hydrogen) atoms. The van der Waals surface area contributed by atoms with Crippen molar-refractivity contribution in [3.05, 3.63) is 51.9 Å². The maximum atomic E-state index is 13.6. The molecule has 0 saturated heterocycles. The van der Waals surface area contributed by atoms with E-state index < -0.39 is 11.6 Å². The summed E-state index contributed by atoms with van der Waals surface area (Å²) in [6.07, 6.45) is 2.15. The predicted octanol–water partition coefficient (Wildman–Crippen LogP) is 4.21. The maximum absolute atomic E-state index is 13.6. The first-order valence-corrected chi connectivity index (χ1v) is 7.14. The fourth-order valence-electron chi connectivity index (χ4n) is 2.05. The maximum Gasteiger partial charge on any atom is 0.137 e. The lowest BCUT2D eigenvalue weighted by Crippen LogP contribution is -2.08. The first kappa shape index (κ1) is 14.2. The normalized spacial score (nSPS) is 14.3. The molecule has 1 aliphatic rings. The van der Waals surface area contributed by atoms with E-state index in [2.05, 4.69) is 15.3 Å². The molecule has 1 saturated carbocycles. The number of halogens is 3. The molecule has 1 fully saturated rings. The van der Waals surface area contributed by atoms with Crippen molar-refractivity contribution in [2.45, 2.75) is 32.2 Å². The number of aromatic nitrogens is 2. The standard InChI is InChI=1S/C15H14ClF2N3/c1-8-13(16)20-15(9-2-3-9)21-14(8)19-7-10-4-5-11(17)6-12(10)18/h4-6,9H,2-3,7H2,1H3,(H,19,20,21). The summed E-state index contributed by atoms with van der Waals surface area (Å²) in [6.45, 7) is 2.02. The van der Waals surface area contributed by atoms with Gasteiger partial charge in [0, 0.05) is 29.7 Å². The van der Waals surface area contributed by atoms with Crippen LogP contribution < -0.4 is 5.32 Å². The molecule has 1 aromatic heterocycles. The molecule has 0 aliphatic heterocycles. The molecule has 0 spiro atoms. The van der Waals surface area contributed by atoms with Crippen LogP contribution in [0.4, 0.5) is 14.6 Å². The van der Waals surface area contributed by atoms with Gasteiger partial charge in [-0.3, -0.25) is 0 Å². The van der Waals surface area contributed by atoms with Crippen LogP contribution in [0.3, 0.4) is 0 Å². The summed E-state index contributed by atoms with van der Waals surface area (Å²) in [5, 5.41) is 3.47. The number of rotatable bonds is 4. The highest BCUT2D eigenvalue weighted by Gasteiger charge is 2.28. The van der Waals surface area contributed by atoms with Gasteiger partial charge in [-0.2, -0.15) is 0 Å². The van der Waals surface area contributed by atoms with Gasteiger partial charge in [0.05, 0.1) is 0 Å². The fraction of sp³-hybridized carbons (Fsp3) is 0.333. The Kier molecular flexibility index (Phi) is 3.76. The van der Waals surface area contributed by atoms with Crippen molar-refractivity contribution in [3.8, 4) is 0 Å². The monoisotopic (exact) mass is 309 g/mol. The van der Waals surface area contributed by atoms with Crippen molar-refractivity contribution >= 4 is 17.4 Å². The third kappa shape index (κ3) is 3.13. The van der Waals surface area contributed by atoms with E-state index in [4.69, 9.17) is 11.6 Å². The highest BCUT2D eigenvalue weighted by atomic mass is 35.5. The molecule has 0 radical (unpaired) electrons. The van der Waals surface area contributed by atoms with Crippen molar-refractivity contribution < 1.29 is 8.78 Å². The SMILES string of the molecule is Cc1c(Cl)nc(C2CC2)nc1NCc1ccc(F)cc1F. The molecule has 110 valence electrons. The third-order valence-corrected chi connectivity index (χ3v) is 3.88. The van der Waals surface area contributed by atoms with Gasteiger partial charge in [0.15, 0.2) is 0 Å². The second-order valence-electron chi connectivity index (χ2n) is 5.21. The van der Waals surface area contributed by atoms with Crippen molar-refractivity contribution in [2.24, 2.45) is 0 Å². The second-order valence-corrected chi connectivity index (χ2v) is 5.57. The van der Waals surface area contributed by atoms with E-state index in [0.29, 0.717) is 22.5 Å². The minimum absolute atomic E-state index is 0.213. The number of hydrogen-bond donors (Lipinski definition) is 1. The Morgan fingerprint density at radius 2 is 2.05 bits per heavy atom. The van der Waals surface area contributed by atoms with Crippen LogP contribution in [-0.4, -0.2) is 9.97 Å². The van der Waals surface area contributed by atoms with Crippen LogP contribution >= 0.6 is 11.6 Å². The molecule has 1 N–H and O–H groups in total. The van der Waals surface area contributed by atoms with Crippen molar-refractivity contribution in [1.82, 2.24) is 9.97 Å². The van der Waals surface area contributed by atoms with E-state index in [1.165, 1.54) is 12.1 Å². The lowest BCUT2D eigenvalue weighted by molar-refractivity contribution is 0.574. The van der Waals surface area contributed by atoms with E-state index in [1.807, 2.05) is 6.92 Å². The molecule has 0 unspecified atom stereocenters. The summed E-state index contributed by atoms with van der Waals surface area (Å²) in [5.41, 5.74) is 1.10. The van der Waals surface area contributed by atoms with E-state index in [0.717, 1.165) is 30.3 Å². The average Bonchev–Trinajstić information content (AvgIpc) is 3.26. The number of nitrogens with one attached hydrogen (secondary N) is 1. The van der Waals surface area contributed by atoms with Gasteiger partial charge in [-0.15, -0.1) is 0 Å². The molecule has 1 heterocycles. The van der Waals surface area contributed by atoms with E-state index in [1.54, 1.807) is 0 Å². The fourth-order valence-corrected chi connectivity index (χ4v) is 2.22. The molecule has 3 nitrogen and oxygen atoms in total. The third-order valence-electron chi connectivity index (χ3n) is 3.51. The van der Waals surface area contributed by atoms with Gasteiger partial charge in [0.25, 0.3) is 0 Å². The Balaban J connectivity index is 1.81. The zero-order valence-corrected chi connectivity index (χ0v) is 12.2. The molecular formula is C15H14ClF2N3. The van der Waals surface area contributed by atoms with Crippen molar-refractivity contribution in [2.75, 3.05) is 5.32 Å². The Hall–Kier alpha value is -1.75. The van der Waals surface area contributed by atoms with Crippen LogP contribution in [0.25, 0.3) is 0 Å². The number of hydrogen-bond acceptors (Lipinski definition) is 3. The summed E-state index contributed by atoms with van der Waals surface area (Å²) < 4.78 is 26.5. The molecule has 0 atom stereocenters. The summed E-state index contributed by atoms with van der Waals surface area (Å²) in [5.74, 6) is 0.538. The van der Waals surface area contributed by atoms with Gasteiger partial charge in [-0.05, 0) is 25.8 Å². The second kappa shape index (κ2) is 5.56. The molecule has 2 aromatic rings. The minimum Gasteiger partial charge on any atom is -0.366 e. The first-order chi connectivity index (χ1) is 10.0. The predicted molar refractivity (Wildman–Crippen MR) is 77.4 cm³/mol. The zero-order valence-electron chi connectivity index (χ0n) is 11.5. The zero-order chi connectivity index (χ0) is 15.0. The van der Waals surface area contributed by atoms with Gasteiger partial charge < -0.3 is 5.32 Å². The molecule has 6 heteroatoms. The molecule has 0 amide bonds. The number of anilines is 1. The van der Waals surface area contributed by atoms with E-state index in [-0.39, 0.29) is 6.54 Å². The average molecular weight is 310 g/mol. The van der Waals surface area contributed by atoms with Crippen LogP contribution in [0.5, 0.6) is 0 Å².